The zero-order chi connectivity index (χ0) is 17.2. The minimum atomic E-state index is -0.465. The highest BCUT2D eigenvalue weighted by molar-refractivity contribution is 6.01. The fourth-order valence-corrected chi connectivity index (χ4v) is 2.73. The maximum Gasteiger partial charge on any atom is 0.338 e. The van der Waals surface area contributed by atoms with Crippen LogP contribution in [0.15, 0.2) is 48.5 Å². The Kier molecular flexibility index (Phi) is 4.25. The van der Waals surface area contributed by atoms with Crippen LogP contribution >= 0.6 is 0 Å². The molecule has 2 aromatic carbocycles. The second-order valence-electron chi connectivity index (χ2n) is 5.96. The minimum Gasteiger partial charge on any atom is -0.462 e. The van der Waals surface area contributed by atoms with E-state index in [0.717, 1.165) is 18.4 Å². The van der Waals surface area contributed by atoms with Crippen LogP contribution in [0.1, 0.15) is 35.7 Å². The number of carbonyl (C=O) groups is 2. The number of esters is 1. The van der Waals surface area contributed by atoms with Crippen molar-refractivity contribution in [2.45, 2.75) is 25.2 Å². The molecule has 0 heterocycles. The number of hydrogen-bond donors (Lipinski definition) is 2. The molecule has 0 atom stereocenters. The van der Waals surface area contributed by atoms with Crippen molar-refractivity contribution in [2.75, 3.05) is 17.7 Å². The van der Waals surface area contributed by atoms with Gasteiger partial charge in [-0.05, 0) is 61.7 Å². The van der Waals surface area contributed by atoms with Gasteiger partial charge in [-0.2, -0.15) is 0 Å². The SMILES string of the molecule is CCOC(=O)c1ccc(NC(=O)C2(c3ccc(N)cc3)CC2)cc1. The Bertz CT molecular complexity index is 747. The predicted octanol–water partition coefficient (Wildman–Crippen LogP) is 3.12. The van der Waals surface area contributed by atoms with Crippen molar-refractivity contribution in [1.29, 1.82) is 0 Å². The average Bonchev–Trinajstić information content (AvgIpc) is 3.38. The molecule has 24 heavy (non-hydrogen) atoms. The van der Waals surface area contributed by atoms with Crippen molar-refractivity contribution in [3.05, 3.63) is 59.7 Å². The van der Waals surface area contributed by atoms with Crippen molar-refractivity contribution in [3.8, 4) is 0 Å². The first-order valence-electron chi connectivity index (χ1n) is 8.00. The van der Waals surface area contributed by atoms with Gasteiger partial charge in [-0.25, -0.2) is 4.79 Å². The van der Waals surface area contributed by atoms with Crippen LogP contribution in [0.4, 0.5) is 11.4 Å². The summed E-state index contributed by atoms with van der Waals surface area (Å²) in [5.74, 6) is -0.396. The molecule has 5 nitrogen and oxygen atoms in total. The first-order valence-corrected chi connectivity index (χ1v) is 8.00. The van der Waals surface area contributed by atoms with Gasteiger partial charge in [0.15, 0.2) is 0 Å². The van der Waals surface area contributed by atoms with Crippen molar-refractivity contribution >= 4 is 23.3 Å². The minimum absolute atomic E-state index is 0.0313. The molecule has 3 N–H and O–H groups in total. The summed E-state index contributed by atoms with van der Waals surface area (Å²) in [5.41, 5.74) is 8.04. The maximum absolute atomic E-state index is 12.7. The quantitative estimate of drug-likeness (QED) is 0.654. The molecule has 0 radical (unpaired) electrons. The highest BCUT2D eigenvalue weighted by Crippen LogP contribution is 2.49. The fourth-order valence-electron chi connectivity index (χ4n) is 2.73. The molecule has 1 aliphatic rings. The Hall–Kier alpha value is -2.82. The number of carbonyl (C=O) groups excluding carboxylic acids is 2. The Morgan fingerprint density at radius 1 is 1.08 bits per heavy atom. The summed E-state index contributed by atoms with van der Waals surface area (Å²) in [6.45, 7) is 2.10. The smallest absolute Gasteiger partial charge is 0.338 e. The van der Waals surface area contributed by atoms with Crippen LogP contribution in [0.25, 0.3) is 0 Å². The number of nitrogen functional groups attached to an aromatic ring is 1. The van der Waals surface area contributed by atoms with E-state index in [1.54, 1.807) is 31.2 Å². The van der Waals surface area contributed by atoms with E-state index in [1.165, 1.54) is 0 Å². The summed E-state index contributed by atoms with van der Waals surface area (Å²) >= 11 is 0. The van der Waals surface area contributed by atoms with Crippen LogP contribution in [0.2, 0.25) is 0 Å². The summed E-state index contributed by atoms with van der Waals surface area (Å²) < 4.78 is 4.94. The van der Waals surface area contributed by atoms with Crippen molar-refractivity contribution in [2.24, 2.45) is 0 Å². The van der Waals surface area contributed by atoms with E-state index in [4.69, 9.17) is 10.5 Å². The molecule has 0 spiro atoms. The van der Waals surface area contributed by atoms with Gasteiger partial charge in [0.25, 0.3) is 0 Å². The third-order valence-corrected chi connectivity index (χ3v) is 4.30. The molecule has 1 aliphatic carbocycles. The third kappa shape index (κ3) is 3.11. The van der Waals surface area contributed by atoms with E-state index in [-0.39, 0.29) is 11.9 Å². The highest BCUT2D eigenvalue weighted by atomic mass is 16.5. The number of anilines is 2. The molecule has 124 valence electrons. The van der Waals surface area contributed by atoms with Crippen LogP contribution in [0, 0.1) is 0 Å². The zero-order valence-electron chi connectivity index (χ0n) is 13.5. The normalized spacial score (nSPS) is 14.7. The largest absolute Gasteiger partial charge is 0.462 e. The summed E-state index contributed by atoms with van der Waals surface area (Å²) in [6, 6.07) is 14.2. The molecule has 0 unspecified atom stereocenters. The lowest BCUT2D eigenvalue weighted by atomic mass is 9.94. The zero-order valence-corrected chi connectivity index (χ0v) is 13.5. The first kappa shape index (κ1) is 16.1. The molecular formula is C19H20N2O3. The Balaban J connectivity index is 1.71. The maximum atomic E-state index is 12.7. The third-order valence-electron chi connectivity index (χ3n) is 4.30. The number of benzene rings is 2. The second kappa shape index (κ2) is 6.35. The fraction of sp³-hybridized carbons (Fsp3) is 0.263. The van der Waals surface area contributed by atoms with Gasteiger partial charge in [0, 0.05) is 11.4 Å². The molecule has 0 aliphatic heterocycles. The van der Waals surface area contributed by atoms with E-state index in [1.807, 2.05) is 24.3 Å². The molecule has 3 rings (SSSR count). The van der Waals surface area contributed by atoms with Gasteiger partial charge in [-0.15, -0.1) is 0 Å². The lowest BCUT2D eigenvalue weighted by Gasteiger charge is -2.16. The number of amides is 1. The van der Waals surface area contributed by atoms with E-state index in [9.17, 15) is 9.59 Å². The number of hydrogen-bond acceptors (Lipinski definition) is 4. The Morgan fingerprint density at radius 3 is 2.25 bits per heavy atom. The van der Waals surface area contributed by atoms with Crippen molar-refractivity contribution in [1.82, 2.24) is 0 Å². The predicted molar refractivity (Wildman–Crippen MR) is 92.8 cm³/mol. The molecular weight excluding hydrogens is 304 g/mol. The number of nitrogens with two attached hydrogens (primary N) is 1. The monoisotopic (exact) mass is 324 g/mol. The molecule has 0 saturated heterocycles. The standard InChI is InChI=1S/C19H20N2O3/c1-2-24-17(22)13-3-9-16(10-4-13)21-18(23)19(11-12-19)14-5-7-15(20)8-6-14/h3-10H,2,11-12,20H2,1H3,(H,21,23). The van der Waals surface area contributed by atoms with Gasteiger partial charge in [0.2, 0.25) is 5.91 Å². The molecule has 0 bridgehead atoms. The molecule has 1 amide bonds. The van der Waals surface area contributed by atoms with Crippen molar-refractivity contribution < 1.29 is 14.3 Å². The summed E-state index contributed by atoms with van der Waals surface area (Å²) in [5, 5.41) is 2.93. The first-order chi connectivity index (χ1) is 11.5. The summed E-state index contributed by atoms with van der Waals surface area (Å²) in [4.78, 5) is 24.3. The molecule has 2 aromatic rings. The average molecular weight is 324 g/mol. The number of nitrogens with one attached hydrogen (secondary N) is 1. The Labute approximate surface area is 140 Å². The Morgan fingerprint density at radius 2 is 1.71 bits per heavy atom. The molecule has 5 heteroatoms. The van der Waals surface area contributed by atoms with E-state index < -0.39 is 5.41 Å². The summed E-state index contributed by atoms with van der Waals surface area (Å²) in [7, 11) is 0. The van der Waals surface area contributed by atoms with Gasteiger partial charge in [-0.3, -0.25) is 4.79 Å². The highest BCUT2D eigenvalue weighted by Gasteiger charge is 2.51. The lowest BCUT2D eigenvalue weighted by Crippen LogP contribution is -2.27. The van der Waals surface area contributed by atoms with Crippen molar-refractivity contribution in [3.63, 3.8) is 0 Å². The second-order valence-corrected chi connectivity index (χ2v) is 5.96. The van der Waals surface area contributed by atoms with Gasteiger partial charge in [0.1, 0.15) is 0 Å². The van der Waals surface area contributed by atoms with Crippen LogP contribution in [-0.2, 0) is 14.9 Å². The van der Waals surface area contributed by atoms with Crippen LogP contribution in [0.3, 0.4) is 0 Å². The van der Waals surface area contributed by atoms with Gasteiger partial charge in [0.05, 0.1) is 17.6 Å². The van der Waals surface area contributed by atoms with E-state index in [0.29, 0.717) is 23.5 Å². The van der Waals surface area contributed by atoms with Gasteiger partial charge in [-0.1, -0.05) is 12.1 Å². The number of rotatable bonds is 5. The summed E-state index contributed by atoms with van der Waals surface area (Å²) in [6.07, 6.45) is 1.65. The van der Waals surface area contributed by atoms with Crippen LogP contribution in [0.5, 0.6) is 0 Å². The topological polar surface area (TPSA) is 81.4 Å². The lowest BCUT2D eigenvalue weighted by molar-refractivity contribution is -0.118. The van der Waals surface area contributed by atoms with Crippen LogP contribution in [-0.4, -0.2) is 18.5 Å². The van der Waals surface area contributed by atoms with Crippen LogP contribution < -0.4 is 11.1 Å². The number of ether oxygens (including phenoxy) is 1. The van der Waals surface area contributed by atoms with Gasteiger partial charge < -0.3 is 15.8 Å². The molecule has 0 aromatic heterocycles. The molecule has 1 fully saturated rings. The van der Waals surface area contributed by atoms with E-state index in [2.05, 4.69) is 5.32 Å². The van der Waals surface area contributed by atoms with Gasteiger partial charge >= 0.3 is 5.97 Å². The molecule has 1 saturated carbocycles. The van der Waals surface area contributed by atoms with E-state index >= 15 is 0 Å².